The Morgan fingerprint density at radius 2 is 0.547 bits per heavy atom. The third-order valence-corrected chi connectivity index (χ3v) is 14.9. The highest BCUT2D eigenvalue weighted by Gasteiger charge is 2.34. The van der Waals surface area contributed by atoms with E-state index >= 15 is 0 Å². The van der Waals surface area contributed by atoms with Crippen LogP contribution >= 0.6 is 0 Å². The van der Waals surface area contributed by atoms with Gasteiger partial charge in [0, 0.05) is 78.2 Å². The van der Waals surface area contributed by atoms with Crippen LogP contribution in [0.2, 0.25) is 0 Å². The van der Waals surface area contributed by atoms with E-state index in [0.717, 1.165) is 134 Å². The van der Waals surface area contributed by atoms with E-state index in [-0.39, 0.29) is 17.2 Å². The smallest absolute Gasteiger partial charge is 0.119 e. The molecule has 402 valence electrons. The Morgan fingerprint density at radius 3 is 0.760 bits per heavy atom. The number of ether oxygens (including phenoxy) is 3. The van der Waals surface area contributed by atoms with Crippen LogP contribution in [0, 0.1) is 20.8 Å². The first kappa shape index (κ1) is 56.6. The molecule has 0 unspecified atom stereocenters. The molecule has 12 heteroatoms. The molecule has 3 aliphatic rings. The maximum absolute atomic E-state index is 10.9. The third-order valence-electron chi connectivity index (χ3n) is 14.9. The summed E-state index contributed by atoms with van der Waals surface area (Å²) in [5, 5.41) is 60.4. The molecule has 3 aliphatic heterocycles. The Morgan fingerprint density at radius 1 is 0.333 bits per heavy atom. The Hall–Kier alpha value is -6.12. The van der Waals surface area contributed by atoms with E-state index in [0.29, 0.717) is 19.8 Å². The molecular formula is C63H81N3O9. The van der Waals surface area contributed by atoms with Gasteiger partial charge in [-0.15, -0.1) is 0 Å². The molecule has 0 amide bonds. The maximum atomic E-state index is 10.9. The number of phenols is 3. The van der Waals surface area contributed by atoms with E-state index in [2.05, 4.69) is 108 Å². The SMILES string of the molecule is Cc1ccc(CC2(O)CCN(CCOc3ccc(O)cc3)CC2)cc1.Cc1ccc(CC2(O)CCN(CCOc3ccc(O)cc3)CC2)cc1.Cc1ccc(CC2(O)CCN(CCOc3ccc(O)cc3)CC2)cc1. The van der Waals surface area contributed by atoms with Gasteiger partial charge in [-0.3, -0.25) is 14.7 Å². The standard InChI is InChI=1S/3C21H27NO3/c3*1-17-2-4-18(5-3-17)16-21(24)10-12-22(13-11-21)14-15-25-20-8-6-19(23)7-9-20/h3*2-9,23-24H,10-16H2,1H3. The van der Waals surface area contributed by atoms with E-state index in [9.17, 15) is 30.6 Å². The van der Waals surface area contributed by atoms with Crippen LogP contribution in [-0.4, -0.2) is 141 Å². The minimum atomic E-state index is -0.594. The van der Waals surface area contributed by atoms with Gasteiger partial charge in [0.15, 0.2) is 0 Å². The minimum absolute atomic E-state index is 0.247. The number of phenolic OH excluding ortho intramolecular Hbond substituents is 3. The summed E-state index contributed by atoms with van der Waals surface area (Å²) in [6, 6.07) is 45.7. The van der Waals surface area contributed by atoms with E-state index in [1.54, 1.807) is 72.8 Å². The first-order valence-electron chi connectivity index (χ1n) is 26.8. The van der Waals surface area contributed by atoms with E-state index in [1.807, 2.05) is 0 Å². The Labute approximate surface area is 445 Å². The summed E-state index contributed by atoms with van der Waals surface area (Å²) in [5.41, 5.74) is 5.58. The molecule has 0 bridgehead atoms. The largest absolute Gasteiger partial charge is 0.508 e. The molecule has 0 spiro atoms. The number of benzene rings is 6. The number of rotatable bonds is 18. The predicted molar refractivity (Wildman–Crippen MR) is 297 cm³/mol. The van der Waals surface area contributed by atoms with Crippen molar-refractivity contribution in [2.75, 3.05) is 78.7 Å². The number of piperidine rings is 3. The van der Waals surface area contributed by atoms with Crippen molar-refractivity contribution < 1.29 is 44.8 Å². The summed E-state index contributed by atoms with van der Waals surface area (Å²) < 4.78 is 17.1. The second-order valence-corrected chi connectivity index (χ2v) is 21.2. The first-order valence-corrected chi connectivity index (χ1v) is 26.8. The van der Waals surface area contributed by atoms with Gasteiger partial charge in [0.2, 0.25) is 0 Å². The van der Waals surface area contributed by atoms with Crippen LogP contribution in [0.3, 0.4) is 0 Å². The van der Waals surface area contributed by atoms with Gasteiger partial charge in [-0.2, -0.15) is 0 Å². The summed E-state index contributed by atoms with van der Waals surface area (Å²) in [6.07, 6.45) is 6.93. The molecule has 3 saturated heterocycles. The van der Waals surface area contributed by atoms with Gasteiger partial charge in [-0.25, -0.2) is 0 Å². The van der Waals surface area contributed by atoms with E-state index in [4.69, 9.17) is 14.2 Å². The topological polar surface area (TPSA) is 159 Å². The van der Waals surface area contributed by atoms with Crippen LogP contribution in [0.25, 0.3) is 0 Å². The van der Waals surface area contributed by atoms with Gasteiger partial charge in [-0.05, 0) is 149 Å². The van der Waals surface area contributed by atoms with Gasteiger partial charge in [0.05, 0.1) is 16.8 Å². The zero-order chi connectivity index (χ0) is 53.1. The normalized spacial score (nSPS) is 17.4. The van der Waals surface area contributed by atoms with Crippen molar-refractivity contribution >= 4 is 0 Å². The second kappa shape index (κ2) is 27.6. The molecule has 75 heavy (non-hydrogen) atoms. The molecule has 0 aliphatic carbocycles. The van der Waals surface area contributed by atoms with Gasteiger partial charge in [-0.1, -0.05) is 89.5 Å². The molecule has 12 nitrogen and oxygen atoms in total. The highest BCUT2D eigenvalue weighted by Crippen LogP contribution is 2.30. The average Bonchev–Trinajstić information content (AvgIpc) is 3.40. The molecule has 6 aromatic rings. The van der Waals surface area contributed by atoms with Crippen molar-refractivity contribution in [3.05, 3.63) is 179 Å². The molecule has 6 N–H and O–H groups in total. The highest BCUT2D eigenvalue weighted by atomic mass is 16.5. The van der Waals surface area contributed by atoms with Crippen molar-refractivity contribution in [1.82, 2.24) is 14.7 Å². The van der Waals surface area contributed by atoms with Crippen molar-refractivity contribution in [3.8, 4) is 34.5 Å². The lowest BCUT2D eigenvalue weighted by atomic mass is 9.85. The Bertz CT molecular complexity index is 2260. The monoisotopic (exact) mass is 1020 g/mol. The fourth-order valence-corrected chi connectivity index (χ4v) is 9.87. The lowest BCUT2D eigenvalue weighted by molar-refractivity contribution is -0.0229. The van der Waals surface area contributed by atoms with E-state index < -0.39 is 16.8 Å². The second-order valence-electron chi connectivity index (χ2n) is 21.2. The Balaban J connectivity index is 0.000000164. The number of aliphatic hydroxyl groups is 3. The van der Waals surface area contributed by atoms with Crippen LogP contribution in [0.1, 0.15) is 71.9 Å². The van der Waals surface area contributed by atoms with Crippen molar-refractivity contribution in [1.29, 1.82) is 0 Å². The number of likely N-dealkylation sites (tertiary alicyclic amines) is 3. The number of nitrogens with zero attached hydrogens (tertiary/aromatic N) is 3. The molecular weight excluding hydrogens is 943 g/mol. The van der Waals surface area contributed by atoms with Crippen molar-refractivity contribution in [2.24, 2.45) is 0 Å². The van der Waals surface area contributed by atoms with Crippen LogP contribution in [-0.2, 0) is 19.3 Å². The Kier molecular flexibility index (Phi) is 20.8. The summed E-state index contributed by atoms with van der Waals surface area (Å²) in [7, 11) is 0. The quantitative estimate of drug-likeness (QED) is 0.0485. The number of hydrogen-bond acceptors (Lipinski definition) is 12. The molecule has 6 aromatic carbocycles. The minimum Gasteiger partial charge on any atom is -0.508 e. The molecule has 0 saturated carbocycles. The van der Waals surface area contributed by atoms with Gasteiger partial charge in [0.1, 0.15) is 54.3 Å². The number of aromatic hydroxyl groups is 3. The molecule has 0 atom stereocenters. The highest BCUT2D eigenvalue weighted by molar-refractivity contribution is 5.32. The van der Waals surface area contributed by atoms with Gasteiger partial charge >= 0.3 is 0 Å². The zero-order valence-electron chi connectivity index (χ0n) is 44.5. The number of hydrogen-bond donors (Lipinski definition) is 6. The van der Waals surface area contributed by atoms with Gasteiger partial charge in [0.25, 0.3) is 0 Å². The van der Waals surface area contributed by atoms with Crippen molar-refractivity contribution in [2.45, 2.75) is 95.4 Å². The van der Waals surface area contributed by atoms with Crippen LogP contribution in [0.4, 0.5) is 0 Å². The third kappa shape index (κ3) is 19.5. The lowest BCUT2D eigenvalue weighted by Crippen LogP contribution is -2.46. The van der Waals surface area contributed by atoms with Crippen LogP contribution < -0.4 is 14.2 Å². The van der Waals surface area contributed by atoms with Crippen LogP contribution in [0.5, 0.6) is 34.5 Å². The summed E-state index contributed by atoms with van der Waals surface area (Å²) >= 11 is 0. The molecule has 3 fully saturated rings. The maximum Gasteiger partial charge on any atom is 0.119 e. The zero-order valence-corrected chi connectivity index (χ0v) is 44.5. The first-order chi connectivity index (χ1) is 36.1. The molecule has 3 heterocycles. The average molecular weight is 1020 g/mol. The molecule has 0 aromatic heterocycles. The molecule has 9 rings (SSSR count). The molecule has 0 radical (unpaired) electrons. The fraction of sp³-hybridized carbons (Fsp3) is 0.429. The predicted octanol–water partition coefficient (Wildman–Crippen LogP) is 9.45. The summed E-state index contributed by atoms with van der Waals surface area (Å²) in [6.45, 7) is 16.0. The van der Waals surface area contributed by atoms with Crippen LogP contribution in [0.15, 0.2) is 146 Å². The van der Waals surface area contributed by atoms with Crippen molar-refractivity contribution in [3.63, 3.8) is 0 Å². The number of aryl methyl sites for hydroxylation is 3. The van der Waals surface area contributed by atoms with E-state index in [1.165, 1.54) is 33.4 Å². The summed E-state index contributed by atoms with van der Waals surface area (Å²) in [4.78, 5) is 7.01. The van der Waals surface area contributed by atoms with Gasteiger partial charge < -0.3 is 44.8 Å². The fourth-order valence-electron chi connectivity index (χ4n) is 9.87. The lowest BCUT2D eigenvalue weighted by Gasteiger charge is -2.38. The summed E-state index contributed by atoms with van der Waals surface area (Å²) in [5.74, 6) is 3.05.